The molecule has 0 saturated carbocycles. The minimum absolute atomic E-state index is 0.807. The lowest BCUT2D eigenvalue weighted by molar-refractivity contribution is 1.46. The number of hydrogen-bond donors (Lipinski definition) is 1. The van der Waals surface area contributed by atoms with Crippen molar-refractivity contribution in [1.82, 2.24) is 0 Å². The van der Waals surface area contributed by atoms with E-state index in [0.717, 1.165) is 11.3 Å². The highest BCUT2D eigenvalue weighted by molar-refractivity contribution is 5.39. The van der Waals surface area contributed by atoms with Gasteiger partial charge in [-0.3, -0.25) is 0 Å². The Labute approximate surface area is 49.1 Å². The molecule has 0 aromatic heterocycles. The van der Waals surface area contributed by atoms with Crippen molar-refractivity contribution in [3.05, 3.63) is 29.8 Å². The van der Waals surface area contributed by atoms with Crippen molar-refractivity contribution >= 4 is 5.69 Å². The predicted molar refractivity (Wildman–Crippen MR) is 34.4 cm³/mol. The molecule has 41 valence electrons. The van der Waals surface area contributed by atoms with Gasteiger partial charge in [0.25, 0.3) is 0 Å². The second-order valence-electron chi connectivity index (χ2n) is 1.81. The van der Waals surface area contributed by atoms with Crippen LogP contribution in [-0.2, 0) is 0 Å². The van der Waals surface area contributed by atoms with E-state index in [1.165, 1.54) is 0 Å². The van der Waals surface area contributed by atoms with E-state index in [1.807, 2.05) is 25.1 Å². The van der Waals surface area contributed by atoms with Crippen LogP contribution in [0, 0.1) is 13.0 Å². The fourth-order valence-corrected chi connectivity index (χ4v) is 0.609. The molecule has 0 unspecified atom stereocenters. The van der Waals surface area contributed by atoms with Gasteiger partial charge in [-0.05, 0) is 30.7 Å². The highest BCUT2D eigenvalue weighted by Crippen LogP contribution is 2.02. The molecule has 2 N–H and O–H groups in total. The third kappa shape index (κ3) is 0.997. The molecule has 0 spiro atoms. The molecule has 1 aromatic rings. The number of nitrogen functional groups attached to an aromatic ring is 1. The molecule has 0 aliphatic carbocycles. The monoisotopic (exact) mass is 106 g/mol. The van der Waals surface area contributed by atoms with Gasteiger partial charge < -0.3 is 5.73 Å². The number of nitrogens with two attached hydrogens (primary N) is 1. The molecule has 8 heavy (non-hydrogen) atoms. The summed E-state index contributed by atoms with van der Waals surface area (Å²) in [6.07, 6.45) is 0. The second kappa shape index (κ2) is 1.86. The van der Waals surface area contributed by atoms with Crippen molar-refractivity contribution in [2.75, 3.05) is 5.73 Å². The first-order valence-electron chi connectivity index (χ1n) is 2.53. The van der Waals surface area contributed by atoms with Gasteiger partial charge in [0.05, 0.1) is 0 Å². The van der Waals surface area contributed by atoms with Crippen LogP contribution in [0.4, 0.5) is 5.69 Å². The smallest absolute Gasteiger partial charge is 0.0317 e. The lowest BCUT2D eigenvalue weighted by atomic mass is 10.2. The average molecular weight is 106 g/mol. The molecule has 0 saturated heterocycles. The molecular formula is C7H8N. The van der Waals surface area contributed by atoms with E-state index in [1.54, 1.807) is 0 Å². The van der Waals surface area contributed by atoms with Crippen molar-refractivity contribution < 1.29 is 0 Å². The lowest BCUT2D eigenvalue weighted by Gasteiger charge is -1.90. The molecular weight excluding hydrogens is 98.1 g/mol. The molecule has 0 heterocycles. The number of benzene rings is 1. The van der Waals surface area contributed by atoms with Gasteiger partial charge >= 0.3 is 0 Å². The zero-order chi connectivity index (χ0) is 5.98. The largest absolute Gasteiger partial charge is 0.399 e. The maximum Gasteiger partial charge on any atom is 0.0317 e. The molecule has 1 radical (unpaired) electrons. The molecule has 0 bridgehead atoms. The number of aryl methyl sites for hydroxylation is 1. The van der Waals surface area contributed by atoms with Crippen LogP contribution in [0.25, 0.3) is 0 Å². The van der Waals surface area contributed by atoms with E-state index in [4.69, 9.17) is 5.73 Å². The van der Waals surface area contributed by atoms with Gasteiger partial charge in [0, 0.05) is 5.69 Å². The molecule has 1 heteroatoms. The normalized spacial score (nSPS) is 9.12. The minimum atomic E-state index is 0.807. The molecule has 0 atom stereocenters. The van der Waals surface area contributed by atoms with Crippen LogP contribution in [0.15, 0.2) is 18.2 Å². The van der Waals surface area contributed by atoms with Crippen LogP contribution >= 0.6 is 0 Å². The Morgan fingerprint density at radius 1 is 1.62 bits per heavy atom. The summed E-state index contributed by atoms with van der Waals surface area (Å²) >= 11 is 0. The molecule has 0 fully saturated rings. The summed E-state index contributed by atoms with van der Waals surface area (Å²) in [6.45, 7) is 1.97. The maximum atomic E-state index is 5.44. The van der Waals surface area contributed by atoms with E-state index in [2.05, 4.69) is 6.07 Å². The molecule has 1 nitrogen and oxygen atoms in total. The summed E-state index contributed by atoms with van der Waals surface area (Å²) in [4.78, 5) is 0. The Hall–Kier alpha value is -0.980. The Bertz CT molecular complexity index is 164. The average Bonchev–Trinajstić information content (AvgIpc) is 1.64. The van der Waals surface area contributed by atoms with Gasteiger partial charge in [-0.1, -0.05) is 6.07 Å². The van der Waals surface area contributed by atoms with Crippen LogP contribution < -0.4 is 5.73 Å². The molecule has 0 amide bonds. The first-order chi connectivity index (χ1) is 3.79. The highest BCUT2D eigenvalue weighted by Gasteiger charge is 1.81. The maximum absolute atomic E-state index is 5.44. The van der Waals surface area contributed by atoms with E-state index >= 15 is 0 Å². The first kappa shape index (κ1) is 5.16. The standard InChI is InChI=1S/C7H8N/c1-6-3-2-4-7(8)5-6/h2,4-5H,8H2,1H3. The van der Waals surface area contributed by atoms with Gasteiger partial charge in [-0.15, -0.1) is 0 Å². The van der Waals surface area contributed by atoms with Crippen LogP contribution in [-0.4, -0.2) is 0 Å². The third-order valence-corrected chi connectivity index (χ3v) is 0.970. The Morgan fingerprint density at radius 2 is 2.38 bits per heavy atom. The second-order valence-corrected chi connectivity index (χ2v) is 1.81. The quantitative estimate of drug-likeness (QED) is 0.497. The fraction of sp³-hybridized carbons (Fsp3) is 0.143. The summed E-state index contributed by atoms with van der Waals surface area (Å²) in [6, 6.07) is 8.53. The molecule has 0 aliphatic rings. The zero-order valence-corrected chi connectivity index (χ0v) is 4.81. The van der Waals surface area contributed by atoms with Crippen molar-refractivity contribution in [2.45, 2.75) is 6.92 Å². The Balaban J connectivity index is 3.08. The molecule has 1 aromatic carbocycles. The third-order valence-electron chi connectivity index (χ3n) is 0.970. The summed E-state index contributed by atoms with van der Waals surface area (Å²) in [5, 5.41) is 0. The number of rotatable bonds is 0. The van der Waals surface area contributed by atoms with Gasteiger partial charge in [0.15, 0.2) is 0 Å². The minimum Gasteiger partial charge on any atom is -0.399 e. The summed E-state index contributed by atoms with van der Waals surface area (Å²) < 4.78 is 0. The van der Waals surface area contributed by atoms with E-state index in [-0.39, 0.29) is 0 Å². The number of hydrogen-bond acceptors (Lipinski definition) is 1. The van der Waals surface area contributed by atoms with Crippen LogP contribution in [0.1, 0.15) is 5.56 Å². The summed E-state index contributed by atoms with van der Waals surface area (Å²) in [7, 11) is 0. The van der Waals surface area contributed by atoms with Crippen molar-refractivity contribution in [2.24, 2.45) is 0 Å². The van der Waals surface area contributed by atoms with Crippen molar-refractivity contribution in [3.8, 4) is 0 Å². The van der Waals surface area contributed by atoms with Gasteiger partial charge in [0.1, 0.15) is 0 Å². The molecule has 0 aliphatic heterocycles. The predicted octanol–water partition coefficient (Wildman–Crippen LogP) is 1.38. The van der Waals surface area contributed by atoms with Crippen LogP contribution in [0.3, 0.4) is 0 Å². The Morgan fingerprint density at radius 3 is 2.75 bits per heavy atom. The summed E-state index contributed by atoms with van der Waals surface area (Å²) in [5.41, 5.74) is 7.33. The topological polar surface area (TPSA) is 26.0 Å². The summed E-state index contributed by atoms with van der Waals surface area (Å²) in [5.74, 6) is 0. The number of anilines is 1. The highest BCUT2D eigenvalue weighted by atomic mass is 14.5. The van der Waals surface area contributed by atoms with Gasteiger partial charge in [-0.25, -0.2) is 0 Å². The lowest BCUT2D eigenvalue weighted by Crippen LogP contribution is -1.82. The Kier molecular flexibility index (Phi) is 1.20. The van der Waals surface area contributed by atoms with Gasteiger partial charge in [0.2, 0.25) is 0 Å². The SMILES string of the molecule is Cc1[c]ccc(N)c1. The van der Waals surface area contributed by atoms with Crippen molar-refractivity contribution in [1.29, 1.82) is 0 Å². The fourth-order valence-electron chi connectivity index (χ4n) is 0.609. The zero-order valence-electron chi connectivity index (χ0n) is 4.81. The van der Waals surface area contributed by atoms with Crippen LogP contribution in [0.2, 0.25) is 0 Å². The van der Waals surface area contributed by atoms with Gasteiger partial charge in [-0.2, -0.15) is 0 Å². The van der Waals surface area contributed by atoms with E-state index in [9.17, 15) is 0 Å². The first-order valence-corrected chi connectivity index (χ1v) is 2.53. The molecule has 1 rings (SSSR count). The van der Waals surface area contributed by atoms with Crippen molar-refractivity contribution in [3.63, 3.8) is 0 Å². The van der Waals surface area contributed by atoms with E-state index in [0.29, 0.717) is 0 Å². The van der Waals surface area contributed by atoms with E-state index < -0.39 is 0 Å². The van der Waals surface area contributed by atoms with Crippen LogP contribution in [0.5, 0.6) is 0 Å².